The van der Waals surface area contributed by atoms with E-state index < -0.39 is 0 Å². The molecule has 1 rings (SSSR count). The number of carbonyl (C=O) groups is 1. The van der Waals surface area contributed by atoms with Crippen LogP contribution >= 0.6 is 49.0 Å². The molecule has 0 aromatic heterocycles. The quantitative estimate of drug-likeness (QED) is 0.545. The predicted molar refractivity (Wildman–Crippen MR) is 65.5 cm³/mol. The normalized spacial score (nSPS) is 8.00. The molecule has 68 valence electrons. The third-order valence-corrected chi connectivity index (χ3v) is 1.82. The lowest BCUT2D eigenvalue weighted by molar-refractivity contribution is 0.112. The van der Waals surface area contributed by atoms with Gasteiger partial charge in [-0.2, -0.15) is 0 Å². The smallest absolute Gasteiger partial charge is 0.298 e. The van der Waals surface area contributed by atoms with E-state index >= 15 is 0 Å². The molecule has 13 heavy (non-hydrogen) atoms. The molecule has 0 saturated heterocycles. The Balaban J connectivity index is 0.000000424. The van der Waals surface area contributed by atoms with E-state index in [1.54, 1.807) is 12.1 Å². The van der Waals surface area contributed by atoms with E-state index in [1.807, 2.05) is 0 Å². The summed E-state index contributed by atoms with van der Waals surface area (Å²) in [5.41, 5.74) is 0.536. The number of benzene rings is 1. The zero-order valence-corrected chi connectivity index (χ0v) is 12.5. The second-order valence-electron chi connectivity index (χ2n) is 1.89. The number of hydrogen-bond donors (Lipinski definition) is 0. The fourth-order valence-electron chi connectivity index (χ4n) is 0.586. The van der Waals surface area contributed by atoms with Gasteiger partial charge < -0.3 is 0 Å². The summed E-state index contributed by atoms with van der Waals surface area (Å²) in [5, 5.41) is 0.874. The van der Waals surface area contributed by atoms with E-state index in [0.717, 1.165) is 6.29 Å². The predicted octanol–water partition coefficient (Wildman–Crippen LogP) is 4.12. The maximum Gasteiger partial charge on any atom is 0.560 e. The summed E-state index contributed by atoms with van der Waals surface area (Å²) in [6.45, 7) is 0. The largest absolute Gasteiger partial charge is 0.560 e. The lowest BCUT2D eigenvalue weighted by Crippen LogP contribution is -1.77. The molecular formula is C7H4Br2Cl2MgO. The molecule has 0 heterocycles. The summed E-state index contributed by atoms with van der Waals surface area (Å²) in [7, 11) is 0. The van der Waals surface area contributed by atoms with Crippen LogP contribution in [0.25, 0.3) is 0 Å². The number of hydrogen-bond acceptors (Lipinski definition) is 1. The number of halogens is 4. The maximum atomic E-state index is 10.2. The highest BCUT2D eigenvalue weighted by Gasteiger charge is 1.96. The van der Waals surface area contributed by atoms with Crippen LogP contribution < -0.4 is 0 Å². The molecule has 0 saturated carbocycles. The topological polar surface area (TPSA) is 17.1 Å². The van der Waals surface area contributed by atoms with E-state index in [1.165, 1.54) is 6.07 Å². The van der Waals surface area contributed by atoms with Gasteiger partial charge in [-0.15, -0.1) is 0 Å². The van der Waals surface area contributed by atoms with Gasteiger partial charge in [0.15, 0.2) is 0 Å². The van der Waals surface area contributed by atoms with Crippen LogP contribution in [-0.2, 0) is 0 Å². The van der Waals surface area contributed by atoms with Crippen molar-refractivity contribution in [2.75, 3.05) is 0 Å². The van der Waals surface area contributed by atoms with Crippen LogP contribution in [0.1, 0.15) is 10.4 Å². The third kappa shape index (κ3) is 6.31. The molecule has 0 unspecified atom stereocenters. The monoisotopic (exact) mass is 356 g/mol. The first kappa shape index (κ1) is 14.2. The van der Waals surface area contributed by atoms with Crippen molar-refractivity contribution in [1.82, 2.24) is 0 Å². The summed E-state index contributed by atoms with van der Waals surface area (Å²) in [6.07, 6.45) is 0.724. The average molecular weight is 359 g/mol. The Bertz CT molecular complexity index is 283. The first-order chi connectivity index (χ1) is 6.15. The Morgan fingerprint density at radius 1 is 1.23 bits per heavy atom. The van der Waals surface area contributed by atoms with Crippen molar-refractivity contribution in [2.24, 2.45) is 0 Å². The summed E-state index contributed by atoms with van der Waals surface area (Å²) >= 11 is 17.6. The first-order valence-corrected chi connectivity index (χ1v) is 11.7. The van der Waals surface area contributed by atoms with Gasteiger partial charge in [-0.25, -0.2) is 0 Å². The van der Waals surface area contributed by atoms with Crippen LogP contribution in [0, 0.1) is 0 Å². The molecule has 0 aliphatic rings. The van der Waals surface area contributed by atoms with E-state index in [-0.39, 0.29) is 16.0 Å². The highest BCUT2D eigenvalue weighted by molar-refractivity contribution is 9.47. The van der Waals surface area contributed by atoms with E-state index in [0.29, 0.717) is 15.6 Å². The lowest BCUT2D eigenvalue weighted by Gasteiger charge is -1.93. The van der Waals surface area contributed by atoms with E-state index in [2.05, 4.69) is 25.8 Å². The molecule has 0 radical (unpaired) electrons. The molecule has 0 amide bonds. The van der Waals surface area contributed by atoms with Gasteiger partial charge in [-0.3, -0.25) is 30.6 Å². The van der Waals surface area contributed by atoms with Crippen LogP contribution in [0.3, 0.4) is 0 Å². The number of aldehydes is 1. The molecule has 0 N–H and O–H groups in total. The molecule has 0 spiro atoms. The zero-order chi connectivity index (χ0) is 10.3. The maximum absolute atomic E-state index is 10.2. The molecule has 0 aliphatic heterocycles. The van der Waals surface area contributed by atoms with Crippen molar-refractivity contribution >= 4 is 71.3 Å². The number of rotatable bonds is 1. The van der Waals surface area contributed by atoms with E-state index in [4.69, 9.17) is 23.2 Å². The molecule has 1 aromatic carbocycles. The van der Waals surface area contributed by atoms with Gasteiger partial charge in [-0.1, -0.05) is 29.3 Å². The SMILES string of the molecule is O=Cc1ccc(Cl)c(Cl)c1.[Br][Mg][Br]. The molecule has 1 aromatic rings. The van der Waals surface area contributed by atoms with Gasteiger partial charge in [0.2, 0.25) is 0 Å². The van der Waals surface area contributed by atoms with E-state index in [9.17, 15) is 4.79 Å². The van der Waals surface area contributed by atoms with Gasteiger partial charge >= 0.3 is 16.0 Å². The van der Waals surface area contributed by atoms with Crippen molar-refractivity contribution in [3.63, 3.8) is 0 Å². The molecule has 0 aliphatic carbocycles. The highest BCUT2D eigenvalue weighted by atomic mass is 79.9. The average Bonchev–Trinajstić information content (AvgIpc) is 2.11. The minimum Gasteiger partial charge on any atom is -0.298 e. The molecule has 0 bridgehead atoms. The Labute approximate surface area is 109 Å². The van der Waals surface area contributed by atoms with Gasteiger partial charge in [-0.05, 0) is 12.1 Å². The fourth-order valence-corrected chi connectivity index (χ4v) is 0.892. The van der Waals surface area contributed by atoms with Crippen LogP contribution in [0.4, 0.5) is 0 Å². The van der Waals surface area contributed by atoms with Gasteiger partial charge in [0.1, 0.15) is 6.29 Å². The van der Waals surface area contributed by atoms with Crippen LogP contribution in [0.5, 0.6) is 0 Å². The Morgan fingerprint density at radius 3 is 2.15 bits per heavy atom. The Hall–Kier alpha value is 1.20. The second kappa shape index (κ2) is 8.50. The van der Waals surface area contributed by atoms with Crippen LogP contribution in [0.15, 0.2) is 18.2 Å². The standard InChI is InChI=1S/C7H4Cl2O.2BrH.Mg/c8-6-2-1-5(4-10)3-7(6)9;;;/h1-4H;2*1H;/q;;;+2/p-2. The molecule has 6 heteroatoms. The van der Waals surface area contributed by atoms with Gasteiger partial charge in [0.25, 0.3) is 0 Å². The van der Waals surface area contributed by atoms with Crippen LogP contribution in [-0.4, -0.2) is 22.3 Å². The minimum absolute atomic E-state index is 0.0417. The van der Waals surface area contributed by atoms with Crippen molar-refractivity contribution in [3.8, 4) is 0 Å². The van der Waals surface area contributed by atoms with Crippen molar-refractivity contribution in [1.29, 1.82) is 0 Å². The fraction of sp³-hybridized carbons (Fsp3) is 0. The van der Waals surface area contributed by atoms with Crippen molar-refractivity contribution in [3.05, 3.63) is 33.8 Å². The van der Waals surface area contributed by atoms with Crippen molar-refractivity contribution in [2.45, 2.75) is 0 Å². The molecule has 0 atom stereocenters. The Kier molecular flexibility index (Phi) is 9.28. The summed E-state index contributed by atoms with van der Waals surface area (Å²) < 4.78 is 0. The second-order valence-corrected chi connectivity index (χ2v) is 10.8. The molecule has 0 fully saturated rings. The first-order valence-electron chi connectivity index (χ1n) is 3.17. The highest BCUT2D eigenvalue weighted by Crippen LogP contribution is 2.21. The minimum atomic E-state index is 0.0417. The zero-order valence-electron chi connectivity index (χ0n) is 6.44. The summed E-state index contributed by atoms with van der Waals surface area (Å²) in [6, 6.07) is 4.73. The van der Waals surface area contributed by atoms with Gasteiger partial charge in [0.05, 0.1) is 10.0 Å². The molecule has 1 nitrogen and oxygen atoms in total. The third-order valence-electron chi connectivity index (χ3n) is 1.08. The Morgan fingerprint density at radius 2 is 1.77 bits per heavy atom. The molecular weight excluding hydrogens is 355 g/mol. The number of carbonyl (C=O) groups excluding carboxylic acids is 1. The van der Waals surface area contributed by atoms with Crippen molar-refractivity contribution < 1.29 is 4.79 Å². The summed E-state index contributed by atoms with van der Waals surface area (Å²) in [5.74, 6) is 0. The lowest BCUT2D eigenvalue weighted by atomic mass is 10.2. The van der Waals surface area contributed by atoms with Crippen LogP contribution in [0.2, 0.25) is 10.0 Å². The van der Waals surface area contributed by atoms with Gasteiger partial charge in [0, 0.05) is 5.56 Å². The summed E-state index contributed by atoms with van der Waals surface area (Å²) in [4.78, 5) is 10.2.